The molecule has 1 aromatic carbocycles. The van der Waals surface area contributed by atoms with Gasteiger partial charge < -0.3 is 14.9 Å². The highest BCUT2D eigenvalue weighted by Crippen LogP contribution is 2.31. The topological polar surface area (TPSA) is 130 Å². The van der Waals surface area contributed by atoms with E-state index in [1.807, 2.05) is 0 Å². The van der Waals surface area contributed by atoms with Gasteiger partial charge in [-0.1, -0.05) is 0 Å². The number of piperazine rings is 1. The molecule has 1 N–H and O–H groups in total. The molecule has 10 nitrogen and oxygen atoms in total. The Balaban J connectivity index is 2.22. The van der Waals surface area contributed by atoms with Crippen molar-refractivity contribution >= 4 is 23.2 Å². The summed E-state index contributed by atoms with van der Waals surface area (Å²) in [4.78, 5) is 33.9. The summed E-state index contributed by atoms with van der Waals surface area (Å²) in [7, 11) is 0. The number of hydrogen-bond acceptors (Lipinski definition) is 6. The van der Waals surface area contributed by atoms with Gasteiger partial charge in [0.25, 0.3) is 0 Å². The Morgan fingerprint density at radius 3 is 2.10 bits per heavy atom. The average Bonchev–Trinajstić information content (AvgIpc) is 2.46. The lowest BCUT2D eigenvalue weighted by Gasteiger charge is -2.34. The first-order valence-corrected chi connectivity index (χ1v) is 6.06. The van der Waals surface area contributed by atoms with Crippen LogP contribution in [0.15, 0.2) is 18.2 Å². The zero-order valence-electron chi connectivity index (χ0n) is 10.8. The summed E-state index contributed by atoms with van der Waals surface area (Å²) < 4.78 is 0. The van der Waals surface area contributed by atoms with Gasteiger partial charge >= 0.3 is 17.5 Å². The summed E-state index contributed by atoms with van der Waals surface area (Å²) in [6.45, 7) is 1.31. The Bertz CT molecular complexity index is 596. The number of benzene rings is 1. The lowest BCUT2D eigenvalue weighted by atomic mass is 10.2. The molecule has 0 aliphatic carbocycles. The number of nitro benzene ring substituents is 2. The molecule has 0 bridgehead atoms. The lowest BCUT2D eigenvalue weighted by molar-refractivity contribution is -0.422. The molecule has 1 aliphatic heterocycles. The first-order valence-electron chi connectivity index (χ1n) is 6.06. The van der Waals surface area contributed by atoms with Gasteiger partial charge in [-0.2, -0.15) is 0 Å². The summed E-state index contributed by atoms with van der Waals surface area (Å²) in [6.07, 6.45) is -1.01. The van der Waals surface area contributed by atoms with E-state index in [1.54, 1.807) is 4.90 Å². The molecule has 2 rings (SSSR count). The van der Waals surface area contributed by atoms with E-state index in [0.29, 0.717) is 18.8 Å². The first kappa shape index (κ1) is 14.5. The van der Waals surface area contributed by atoms with Crippen molar-refractivity contribution in [2.24, 2.45) is 0 Å². The maximum Gasteiger partial charge on any atom is 0.407 e. The lowest BCUT2D eigenvalue weighted by Crippen LogP contribution is -2.48. The van der Waals surface area contributed by atoms with Crippen molar-refractivity contribution in [3.63, 3.8) is 0 Å². The average molecular weight is 296 g/mol. The number of nitro groups is 2. The molecule has 112 valence electrons. The molecule has 1 amide bonds. The van der Waals surface area contributed by atoms with Crippen molar-refractivity contribution in [1.29, 1.82) is 0 Å². The van der Waals surface area contributed by atoms with Crippen molar-refractivity contribution in [3.05, 3.63) is 38.4 Å². The van der Waals surface area contributed by atoms with Crippen molar-refractivity contribution < 1.29 is 19.7 Å². The van der Waals surface area contributed by atoms with Gasteiger partial charge in [0, 0.05) is 44.0 Å². The maximum absolute atomic E-state index is 10.9. The number of rotatable bonds is 3. The fourth-order valence-corrected chi connectivity index (χ4v) is 2.17. The zero-order chi connectivity index (χ0) is 15.6. The van der Waals surface area contributed by atoms with Crippen LogP contribution in [-0.4, -0.2) is 52.1 Å². The minimum absolute atomic E-state index is 0.278. The predicted octanol–water partition coefficient (Wildman–Crippen LogP) is 1.30. The van der Waals surface area contributed by atoms with Crippen molar-refractivity contribution in [3.8, 4) is 0 Å². The number of carboxylic acid groups (broad SMARTS) is 1. The summed E-state index contributed by atoms with van der Waals surface area (Å²) >= 11 is 0. The third-order valence-electron chi connectivity index (χ3n) is 3.27. The minimum atomic E-state index is -1.01. The van der Waals surface area contributed by atoms with E-state index in [1.165, 1.54) is 11.0 Å². The molecule has 0 radical (unpaired) electrons. The molecular formula is C11H12N4O6. The molecule has 1 aromatic rings. The van der Waals surface area contributed by atoms with Gasteiger partial charge in [0.05, 0.1) is 9.85 Å². The van der Waals surface area contributed by atoms with Gasteiger partial charge in [0.1, 0.15) is 0 Å². The number of hydrogen-bond donors (Lipinski definition) is 1. The SMILES string of the molecule is O=C(O)N1CCN(c2ccc([N+](=O)[O-])c([N+](=O)[O-])c2)CC1. The molecule has 21 heavy (non-hydrogen) atoms. The normalized spacial score (nSPS) is 14.9. The highest BCUT2D eigenvalue weighted by atomic mass is 16.6. The van der Waals surface area contributed by atoms with Gasteiger partial charge in [-0.15, -0.1) is 0 Å². The summed E-state index contributed by atoms with van der Waals surface area (Å²) in [5.74, 6) is 0. The molecule has 10 heteroatoms. The third-order valence-corrected chi connectivity index (χ3v) is 3.27. The second-order valence-electron chi connectivity index (χ2n) is 4.44. The Morgan fingerprint density at radius 1 is 1.05 bits per heavy atom. The minimum Gasteiger partial charge on any atom is -0.465 e. The Kier molecular flexibility index (Phi) is 3.87. The Labute approximate surface area is 118 Å². The molecule has 0 unspecified atom stereocenters. The summed E-state index contributed by atoms with van der Waals surface area (Å²) in [5, 5.41) is 30.5. The number of nitrogens with zero attached hydrogens (tertiary/aromatic N) is 4. The maximum atomic E-state index is 10.9. The van der Waals surface area contributed by atoms with Crippen molar-refractivity contribution in [2.75, 3.05) is 31.1 Å². The van der Waals surface area contributed by atoms with Crippen LogP contribution >= 0.6 is 0 Å². The zero-order valence-corrected chi connectivity index (χ0v) is 10.8. The fraction of sp³-hybridized carbons (Fsp3) is 0.364. The van der Waals surface area contributed by atoms with E-state index >= 15 is 0 Å². The highest BCUT2D eigenvalue weighted by molar-refractivity contribution is 5.66. The summed E-state index contributed by atoms with van der Waals surface area (Å²) in [6, 6.07) is 3.67. The van der Waals surface area contributed by atoms with Crippen LogP contribution in [0.4, 0.5) is 21.9 Å². The second kappa shape index (κ2) is 5.61. The quantitative estimate of drug-likeness (QED) is 0.657. The molecule has 0 atom stereocenters. The summed E-state index contributed by atoms with van der Waals surface area (Å²) in [5.41, 5.74) is -0.663. The van der Waals surface area contributed by atoms with Crippen molar-refractivity contribution in [1.82, 2.24) is 4.90 Å². The van der Waals surface area contributed by atoms with Gasteiger partial charge in [-0.25, -0.2) is 4.79 Å². The second-order valence-corrected chi connectivity index (χ2v) is 4.44. The molecule has 1 heterocycles. The fourth-order valence-electron chi connectivity index (χ4n) is 2.17. The molecule has 1 saturated heterocycles. The van der Waals surface area contributed by atoms with Crippen LogP contribution in [-0.2, 0) is 0 Å². The monoisotopic (exact) mass is 296 g/mol. The van der Waals surface area contributed by atoms with Gasteiger partial charge in [0.2, 0.25) is 0 Å². The van der Waals surface area contributed by atoms with Crippen LogP contribution in [0.1, 0.15) is 0 Å². The Morgan fingerprint density at radius 2 is 1.62 bits per heavy atom. The van der Waals surface area contributed by atoms with Crippen molar-refractivity contribution in [2.45, 2.75) is 0 Å². The Hall–Kier alpha value is -2.91. The molecule has 0 spiro atoms. The molecular weight excluding hydrogens is 284 g/mol. The van der Waals surface area contributed by atoms with Crippen LogP contribution in [0.5, 0.6) is 0 Å². The third kappa shape index (κ3) is 2.99. The first-order chi connectivity index (χ1) is 9.90. The van der Waals surface area contributed by atoms with E-state index in [9.17, 15) is 25.0 Å². The molecule has 1 fully saturated rings. The highest BCUT2D eigenvalue weighted by Gasteiger charge is 2.27. The van der Waals surface area contributed by atoms with Crippen LogP contribution in [0.25, 0.3) is 0 Å². The van der Waals surface area contributed by atoms with Gasteiger partial charge in [-0.3, -0.25) is 20.2 Å². The van der Waals surface area contributed by atoms with Crippen LogP contribution < -0.4 is 4.90 Å². The predicted molar refractivity (Wildman–Crippen MR) is 71.6 cm³/mol. The molecule has 0 saturated carbocycles. The number of amides is 1. The molecule has 1 aliphatic rings. The van der Waals surface area contributed by atoms with Crippen LogP contribution in [0, 0.1) is 20.2 Å². The van der Waals surface area contributed by atoms with E-state index in [-0.39, 0.29) is 13.1 Å². The number of carbonyl (C=O) groups is 1. The van der Waals surface area contributed by atoms with Gasteiger partial charge in [-0.05, 0) is 6.07 Å². The van der Waals surface area contributed by atoms with E-state index in [4.69, 9.17) is 5.11 Å². The van der Waals surface area contributed by atoms with Crippen LogP contribution in [0.2, 0.25) is 0 Å². The van der Waals surface area contributed by atoms with E-state index < -0.39 is 27.3 Å². The smallest absolute Gasteiger partial charge is 0.407 e. The molecule has 0 aromatic heterocycles. The van der Waals surface area contributed by atoms with E-state index in [2.05, 4.69) is 0 Å². The van der Waals surface area contributed by atoms with Crippen LogP contribution in [0.3, 0.4) is 0 Å². The number of anilines is 1. The standard InChI is InChI=1S/C11H12N4O6/c16-11(17)13-5-3-12(4-6-13)8-1-2-9(14(18)19)10(7-8)15(20)21/h1-2,7H,3-6H2,(H,16,17). The van der Waals surface area contributed by atoms with E-state index in [0.717, 1.165) is 12.1 Å². The largest absolute Gasteiger partial charge is 0.465 e. The van der Waals surface area contributed by atoms with Gasteiger partial charge in [0.15, 0.2) is 0 Å².